The summed E-state index contributed by atoms with van der Waals surface area (Å²) < 4.78 is 1.86. The Morgan fingerprint density at radius 2 is 2.07 bits per heavy atom. The summed E-state index contributed by atoms with van der Waals surface area (Å²) in [5, 5.41) is 11.9. The predicted molar refractivity (Wildman–Crippen MR) is 115 cm³/mol. The number of aromatic nitrogens is 1. The SMILES string of the molecule is CN(C)CC(=O)Nc1ccc2n(c1=O)C[C@H]1C[C@@H]2CN(Cc2cccc(C#N)c2)C1. The van der Waals surface area contributed by atoms with Gasteiger partial charge in [-0.3, -0.25) is 14.5 Å². The van der Waals surface area contributed by atoms with Gasteiger partial charge in [0.05, 0.1) is 18.2 Å². The molecule has 3 heterocycles. The third-order valence-electron chi connectivity index (χ3n) is 5.88. The van der Waals surface area contributed by atoms with E-state index in [-0.39, 0.29) is 18.0 Å². The van der Waals surface area contributed by atoms with Crippen molar-refractivity contribution >= 4 is 11.6 Å². The van der Waals surface area contributed by atoms with E-state index >= 15 is 0 Å². The van der Waals surface area contributed by atoms with Crippen LogP contribution in [0.3, 0.4) is 0 Å². The van der Waals surface area contributed by atoms with Gasteiger partial charge >= 0.3 is 0 Å². The van der Waals surface area contributed by atoms with Gasteiger partial charge in [0.1, 0.15) is 5.69 Å². The zero-order valence-electron chi connectivity index (χ0n) is 17.5. The lowest BCUT2D eigenvalue weighted by atomic mass is 9.83. The molecule has 7 nitrogen and oxygen atoms in total. The van der Waals surface area contributed by atoms with Crippen molar-refractivity contribution in [2.24, 2.45) is 5.92 Å². The number of likely N-dealkylation sites (N-methyl/N-ethyl adjacent to an activating group) is 1. The standard InChI is InChI=1S/C23H27N5O2/c1-26(2)15-22(29)25-20-6-7-21-19-9-18(13-28(21)23(20)30)12-27(14-19)11-17-5-3-4-16(8-17)10-24/h3-8,18-19H,9,11-15H2,1-2H3,(H,25,29)/t18-,19+/m0/s1. The van der Waals surface area contributed by atoms with Crippen molar-refractivity contribution in [3.63, 3.8) is 0 Å². The largest absolute Gasteiger partial charge is 0.320 e. The third-order valence-corrected chi connectivity index (χ3v) is 5.88. The molecule has 1 amide bonds. The number of fused-ring (bicyclic) bond motifs is 4. The van der Waals surface area contributed by atoms with Gasteiger partial charge in [-0.1, -0.05) is 12.1 Å². The summed E-state index contributed by atoms with van der Waals surface area (Å²) >= 11 is 0. The molecule has 7 heteroatoms. The summed E-state index contributed by atoms with van der Waals surface area (Å²) in [4.78, 5) is 29.3. The van der Waals surface area contributed by atoms with Crippen LogP contribution < -0.4 is 10.9 Å². The Morgan fingerprint density at radius 3 is 2.83 bits per heavy atom. The number of carbonyl (C=O) groups is 1. The maximum atomic E-state index is 13.0. The molecule has 2 atom stereocenters. The van der Waals surface area contributed by atoms with Crippen molar-refractivity contribution < 1.29 is 4.79 Å². The number of rotatable bonds is 5. The van der Waals surface area contributed by atoms with E-state index in [2.05, 4.69) is 22.4 Å². The van der Waals surface area contributed by atoms with Crippen LogP contribution >= 0.6 is 0 Å². The Balaban J connectivity index is 1.51. The van der Waals surface area contributed by atoms with Crippen molar-refractivity contribution in [1.29, 1.82) is 5.26 Å². The number of pyridine rings is 1. The first-order valence-electron chi connectivity index (χ1n) is 10.3. The van der Waals surface area contributed by atoms with Crippen molar-refractivity contribution in [3.05, 3.63) is 63.6 Å². The summed E-state index contributed by atoms with van der Waals surface area (Å²) in [6, 6.07) is 13.7. The molecule has 0 radical (unpaired) electrons. The summed E-state index contributed by atoms with van der Waals surface area (Å²) in [5.41, 5.74) is 3.13. The fourth-order valence-corrected chi connectivity index (χ4v) is 4.74. The van der Waals surface area contributed by atoms with Crippen LogP contribution in [0.1, 0.15) is 29.2 Å². The van der Waals surface area contributed by atoms with Crippen molar-refractivity contribution in [3.8, 4) is 6.07 Å². The molecule has 2 aliphatic heterocycles. The van der Waals surface area contributed by atoms with E-state index in [0.717, 1.165) is 37.3 Å². The minimum Gasteiger partial charge on any atom is -0.320 e. The molecule has 1 fully saturated rings. The number of hydrogen-bond acceptors (Lipinski definition) is 5. The van der Waals surface area contributed by atoms with Gasteiger partial charge in [-0.15, -0.1) is 0 Å². The number of nitrogens with one attached hydrogen (secondary N) is 1. The molecule has 30 heavy (non-hydrogen) atoms. The highest BCUT2D eigenvalue weighted by atomic mass is 16.2. The van der Waals surface area contributed by atoms with Gasteiger partial charge in [-0.25, -0.2) is 0 Å². The number of benzene rings is 1. The van der Waals surface area contributed by atoms with E-state index in [1.54, 1.807) is 11.0 Å². The zero-order chi connectivity index (χ0) is 21.3. The first-order chi connectivity index (χ1) is 14.4. The van der Waals surface area contributed by atoms with Crippen LogP contribution in [0, 0.1) is 17.2 Å². The highest BCUT2D eigenvalue weighted by molar-refractivity contribution is 5.92. The van der Waals surface area contributed by atoms with Crippen molar-refractivity contribution in [2.75, 3.05) is 39.0 Å². The molecule has 2 bridgehead atoms. The second-order valence-electron chi connectivity index (χ2n) is 8.68. The second kappa shape index (κ2) is 8.42. The van der Waals surface area contributed by atoms with E-state index < -0.39 is 0 Å². The number of carbonyl (C=O) groups excluding carboxylic acids is 1. The summed E-state index contributed by atoms with van der Waals surface area (Å²) in [7, 11) is 3.64. The van der Waals surface area contributed by atoms with Crippen LogP contribution in [-0.2, 0) is 17.9 Å². The molecule has 0 aliphatic carbocycles. The lowest BCUT2D eigenvalue weighted by Gasteiger charge is -2.43. The van der Waals surface area contributed by atoms with E-state index in [1.807, 2.05) is 42.9 Å². The fraction of sp³-hybridized carbons (Fsp3) is 0.435. The average Bonchev–Trinajstić information content (AvgIpc) is 2.70. The van der Waals surface area contributed by atoms with Gasteiger partial charge in [0.15, 0.2) is 0 Å². The van der Waals surface area contributed by atoms with Crippen LogP contribution in [0.5, 0.6) is 0 Å². The monoisotopic (exact) mass is 405 g/mol. The molecule has 4 rings (SSSR count). The van der Waals surface area contributed by atoms with Crippen LogP contribution in [-0.4, -0.2) is 54.0 Å². The number of amides is 1. The number of hydrogen-bond donors (Lipinski definition) is 1. The van der Waals surface area contributed by atoms with E-state index in [4.69, 9.17) is 5.26 Å². The van der Waals surface area contributed by atoms with Crippen LogP contribution in [0.25, 0.3) is 0 Å². The summed E-state index contributed by atoms with van der Waals surface area (Å²) in [6.07, 6.45) is 1.08. The van der Waals surface area contributed by atoms with Crippen LogP contribution in [0.4, 0.5) is 5.69 Å². The molecular formula is C23H27N5O2. The highest BCUT2D eigenvalue weighted by Crippen LogP contribution is 2.36. The summed E-state index contributed by atoms with van der Waals surface area (Å²) in [5.74, 6) is 0.524. The quantitative estimate of drug-likeness (QED) is 0.821. The lowest BCUT2D eigenvalue weighted by molar-refractivity contribution is -0.116. The molecule has 0 spiro atoms. The molecule has 0 saturated carbocycles. The Bertz CT molecular complexity index is 1050. The van der Waals surface area contributed by atoms with E-state index in [1.165, 1.54) is 0 Å². The fourth-order valence-electron chi connectivity index (χ4n) is 4.74. The van der Waals surface area contributed by atoms with Crippen LogP contribution in [0.2, 0.25) is 0 Å². The smallest absolute Gasteiger partial charge is 0.274 e. The van der Waals surface area contributed by atoms with Gasteiger partial charge < -0.3 is 14.8 Å². The van der Waals surface area contributed by atoms with E-state index in [0.29, 0.717) is 29.6 Å². The van der Waals surface area contributed by atoms with Crippen LogP contribution in [0.15, 0.2) is 41.2 Å². The van der Waals surface area contributed by atoms with E-state index in [9.17, 15) is 9.59 Å². The Kier molecular flexibility index (Phi) is 5.71. The normalized spacial score (nSPS) is 20.5. The number of likely N-dealkylation sites (tertiary alicyclic amines) is 1. The zero-order valence-corrected chi connectivity index (χ0v) is 17.5. The number of anilines is 1. The van der Waals surface area contributed by atoms with Gasteiger partial charge in [0, 0.05) is 37.8 Å². The number of nitrogens with zero attached hydrogens (tertiary/aromatic N) is 4. The average molecular weight is 406 g/mol. The minimum atomic E-state index is -0.181. The highest BCUT2D eigenvalue weighted by Gasteiger charge is 2.35. The van der Waals surface area contributed by atoms with Crippen molar-refractivity contribution in [2.45, 2.75) is 25.4 Å². The molecule has 1 saturated heterocycles. The number of piperidine rings is 1. The molecule has 2 aliphatic rings. The predicted octanol–water partition coefficient (Wildman–Crippen LogP) is 1.84. The molecule has 1 N–H and O–H groups in total. The molecule has 0 unspecified atom stereocenters. The Hall–Kier alpha value is -2.95. The molecule has 156 valence electrons. The maximum absolute atomic E-state index is 13.0. The molecule has 2 aromatic rings. The first-order valence-corrected chi connectivity index (χ1v) is 10.3. The number of nitriles is 1. The molecular weight excluding hydrogens is 378 g/mol. The van der Waals surface area contributed by atoms with Gasteiger partial charge in [-0.2, -0.15) is 5.26 Å². The second-order valence-corrected chi connectivity index (χ2v) is 8.68. The van der Waals surface area contributed by atoms with Crippen molar-refractivity contribution in [1.82, 2.24) is 14.4 Å². The van der Waals surface area contributed by atoms with Gasteiger partial charge in [0.2, 0.25) is 5.91 Å². The Morgan fingerprint density at radius 1 is 1.23 bits per heavy atom. The Labute approximate surface area is 176 Å². The van der Waals surface area contributed by atoms with Gasteiger partial charge in [0.25, 0.3) is 5.56 Å². The summed E-state index contributed by atoms with van der Waals surface area (Å²) in [6.45, 7) is 3.55. The molecule has 1 aromatic heterocycles. The third kappa shape index (κ3) is 4.30. The first kappa shape index (κ1) is 20.3. The maximum Gasteiger partial charge on any atom is 0.274 e. The minimum absolute atomic E-state index is 0.107. The van der Waals surface area contributed by atoms with Gasteiger partial charge in [-0.05, 0) is 56.3 Å². The topological polar surface area (TPSA) is 81.4 Å². The lowest BCUT2D eigenvalue weighted by Crippen LogP contribution is -2.47. The molecule has 1 aromatic carbocycles.